The normalized spacial score (nSPS) is 14.0. The molecule has 1 saturated heterocycles. The Labute approximate surface area is 221 Å². The Kier molecular flexibility index (Phi) is 10.4. The van der Waals surface area contributed by atoms with Crippen LogP contribution in [0, 0.1) is 0 Å². The summed E-state index contributed by atoms with van der Waals surface area (Å²) in [4.78, 5) is 22.3. The van der Waals surface area contributed by atoms with Crippen LogP contribution >= 0.6 is 23.7 Å². The van der Waals surface area contributed by atoms with Gasteiger partial charge in [-0.2, -0.15) is 0 Å². The summed E-state index contributed by atoms with van der Waals surface area (Å²) in [6.07, 6.45) is 4.18. The van der Waals surface area contributed by atoms with Crippen molar-refractivity contribution in [3.8, 4) is 17.2 Å². The molecule has 0 radical (unpaired) electrons. The summed E-state index contributed by atoms with van der Waals surface area (Å²) in [5, 5.41) is 0.702. The van der Waals surface area contributed by atoms with Crippen LogP contribution in [-0.2, 0) is 9.53 Å². The van der Waals surface area contributed by atoms with E-state index in [2.05, 4.69) is 4.90 Å². The summed E-state index contributed by atoms with van der Waals surface area (Å²) in [7, 11) is 4.70. The summed E-state index contributed by atoms with van der Waals surface area (Å²) >= 11 is 1.53. The van der Waals surface area contributed by atoms with Crippen molar-refractivity contribution in [2.45, 2.75) is 6.42 Å². The third-order valence-electron chi connectivity index (χ3n) is 5.84. The number of fused-ring (bicyclic) bond motifs is 1. The zero-order valence-corrected chi connectivity index (χ0v) is 22.4. The third kappa shape index (κ3) is 6.67. The number of morpholine rings is 1. The van der Waals surface area contributed by atoms with E-state index in [9.17, 15) is 4.79 Å². The van der Waals surface area contributed by atoms with E-state index in [4.69, 9.17) is 23.9 Å². The van der Waals surface area contributed by atoms with Crippen LogP contribution in [0.5, 0.6) is 17.2 Å². The second-order valence-corrected chi connectivity index (χ2v) is 9.06. The van der Waals surface area contributed by atoms with Gasteiger partial charge in [-0.3, -0.25) is 14.6 Å². The van der Waals surface area contributed by atoms with Gasteiger partial charge in [0.15, 0.2) is 16.6 Å². The highest BCUT2D eigenvalue weighted by Crippen LogP contribution is 2.38. The molecular formula is C26H32ClN3O5S. The molecule has 0 saturated carbocycles. The lowest BCUT2D eigenvalue weighted by Gasteiger charge is -2.27. The van der Waals surface area contributed by atoms with Crippen LogP contribution in [0.3, 0.4) is 0 Å². The highest BCUT2D eigenvalue weighted by atomic mass is 35.5. The van der Waals surface area contributed by atoms with Crippen molar-refractivity contribution in [1.29, 1.82) is 0 Å². The number of anilines is 1. The molecule has 36 heavy (non-hydrogen) atoms. The van der Waals surface area contributed by atoms with Gasteiger partial charge in [0.2, 0.25) is 5.75 Å². The summed E-state index contributed by atoms with van der Waals surface area (Å²) in [6, 6.07) is 11.6. The van der Waals surface area contributed by atoms with Gasteiger partial charge >= 0.3 is 0 Å². The highest BCUT2D eigenvalue weighted by molar-refractivity contribution is 7.22. The average Bonchev–Trinajstić information content (AvgIpc) is 3.33. The Bertz CT molecular complexity index is 1120. The molecule has 2 aromatic carbocycles. The molecule has 1 amide bonds. The summed E-state index contributed by atoms with van der Waals surface area (Å²) < 4.78 is 22.8. The summed E-state index contributed by atoms with van der Waals surface area (Å²) in [5.41, 5.74) is 1.66. The van der Waals surface area contributed by atoms with Crippen molar-refractivity contribution in [3.63, 3.8) is 0 Å². The van der Waals surface area contributed by atoms with Gasteiger partial charge in [-0.25, -0.2) is 4.98 Å². The van der Waals surface area contributed by atoms with E-state index >= 15 is 0 Å². The molecule has 3 aromatic rings. The Morgan fingerprint density at radius 3 is 2.44 bits per heavy atom. The number of carbonyl (C=O) groups is 1. The average molecular weight is 534 g/mol. The van der Waals surface area contributed by atoms with Crippen molar-refractivity contribution in [2.24, 2.45) is 0 Å². The lowest BCUT2D eigenvalue weighted by atomic mass is 10.1. The maximum absolute atomic E-state index is 13.4. The molecule has 0 unspecified atom stereocenters. The van der Waals surface area contributed by atoms with Crippen LogP contribution in [0.2, 0.25) is 0 Å². The smallest absolute Gasteiger partial charge is 0.252 e. The Morgan fingerprint density at radius 1 is 1.11 bits per heavy atom. The fourth-order valence-electron chi connectivity index (χ4n) is 4.01. The predicted molar refractivity (Wildman–Crippen MR) is 146 cm³/mol. The second kappa shape index (κ2) is 13.5. The van der Waals surface area contributed by atoms with E-state index in [1.807, 2.05) is 36.4 Å². The number of benzene rings is 2. The molecule has 0 spiro atoms. The van der Waals surface area contributed by atoms with E-state index in [1.165, 1.54) is 11.3 Å². The lowest BCUT2D eigenvalue weighted by Crippen LogP contribution is -2.39. The van der Waals surface area contributed by atoms with Crippen LogP contribution in [0.4, 0.5) is 5.13 Å². The first-order chi connectivity index (χ1) is 17.1. The number of aromatic nitrogens is 1. The molecule has 1 aliphatic rings. The second-order valence-electron chi connectivity index (χ2n) is 8.05. The topological polar surface area (TPSA) is 73.4 Å². The number of carbonyl (C=O) groups excluding carboxylic acids is 1. The SMILES string of the molecule is COc1cc(/C=C/C(=O)N(CCCN2CCOCC2)c2nc3ccccc3s2)cc(OC)c1OC.Cl. The monoisotopic (exact) mass is 533 g/mol. The first-order valence-electron chi connectivity index (χ1n) is 11.6. The summed E-state index contributed by atoms with van der Waals surface area (Å²) in [5.74, 6) is 1.46. The van der Waals surface area contributed by atoms with E-state index in [1.54, 1.807) is 38.4 Å². The van der Waals surface area contributed by atoms with Crippen LogP contribution in [-0.4, -0.2) is 76.5 Å². The van der Waals surface area contributed by atoms with Crippen LogP contribution < -0.4 is 19.1 Å². The minimum absolute atomic E-state index is 0. The zero-order valence-electron chi connectivity index (χ0n) is 20.8. The van der Waals surface area contributed by atoms with E-state index in [0.29, 0.717) is 28.9 Å². The molecule has 4 rings (SSSR count). The van der Waals surface area contributed by atoms with Crippen molar-refractivity contribution < 1.29 is 23.7 Å². The quantitative estimate of drug-likeness (QED) is 0.355. The number of rotatable bonds is 10. The number of amides is 1. The van der Waals surface area contributed by atoms with E-state index in [-0.39, 0.29) is 18.3 Å². The zero-order chi connectivity index (χ0) is 24.6. The minimum atomic E-state index is -0.125. The molecule has 10 heteroatoms. The van der Waals surface area contributed by atoms with E-state index in [0.717, 1.165) is 55.0 Å². The molecule has 1 fully saturated rings. The molecule has 194 valence electrons. The van der Waals surface area contributed by atoms with Gasteiger partial charge < -0.3 is 18.9 Å². The number of methoxy groups -OCH3 is 3. The number of hydrogen-bond acceptors (Lipinski definition) is 8. The van der Waals surface area contributed by atoms with Crippen molar-refractivity contribution >= 4 is 51.1 Å². The molecule has 0 aliphatic carbocycles. The number of para-hydroxylation sites is 1. The predicted octanol–water partition coefficient (Wildman–Crippen LogP) is 4.51. The highest BCUT2D eigenvalue weighted by Gasteiger charge is 2.19. The fourth-order valence-corrected chi connectivity index (χ4v) is 5.00. The van der Waals surface area contributed by atoms with Crippen molar-refractivity contribution in [2.75, 3.05) is 65.6 Å². The molecule has 2 heterocycles. The largest absolute Gasteiger partial charge is 0.493 e. The van der Waals surface area contributed by atoms with Crippen molar-refractivity contribution in [3.05, 3.63) is 48.0 Å². The number of nitrogens with zero attached hydrogens (tertiary/aromatic N) is 3. The maximum atomic E-state index is 13.4. The van der Waals surface area contributed by atoms with Crippen LogP contribution in [0.15, 0.2) is 42.5 Å². The van der Waals surface area contributed by atoms with Gasteiger partial charge in [0.05, 0.1) is 44.8 Å². The van der Waals surface area contributed by atoms with E-state index < -0.39 is 0 Å². The van der Waals surface area contributed by atoms with Gasteiger partial charge in [0.25, 0.3) is 5.91 Å². The Morgan fingerprint density at radius 2 is 1.81 bits per heavy atom. The molecule has 8 nitrogen and oxygen atoms in total. The van der Waals surface area contributed by atoms with Crippen LogP contribution in [0.25, 0.3) is 16.3 Å². The molecule has 0 N–H and O–H groups in total. The van der Waals surface area contributed by atoms with Gasteiger partial charge in [-0.15, -0.1) is 12.4 Å². The van der Waals surface area contributed by atoms with Crippen LogP contribution in [0.1, 0.15) is 12.0 Å². The number of halogens is 1. The first kappa shape index (κ1) is 27.7. The van der Waals surface area contributed by atoms with Gasteiger partial charge in [0.1, 0.15) is 0 Å². The van der Waals surface area contributed by atoms with Crippen molar-refractivity contribution in [1.82, 2.24) is 9.88 Å². The standard InChI is InChI=1S/C26H31N3O5S.ClH/c1-31-21-17-19(18-22(32-2)25(21)33-3)9-10-24(30)29(12-6-11-28-13-15-34-16-14-28)26-27-20-7-4-5-8-23(20)35-26;/h4-5,7-10,17-18H,6,11-16H2,1-3H3;1H/b10-9+;. The molecule has 1 aliphatic heterocycles. The molecule has 0 atom stereocenters. The number of ether oxygens (including phenoxy) is 4. The van der Waals surface area contributed by atoms with Gasteiger partial charge in [0, 0.05) is 32.3 Å². The van der Waals surface area contributed by atoms with Gasteiger partial charge in [-0.05, 0) is 42.3 Å². The number of hydrogen-bond donors (Lipinski definition) is 0. The number of thiazole rings is 1. The molecular weight excluding hydrogens is 502 g/mol. The first-order valence-corrected chi connectivity index (χ1v) is 12.4. The van der Waals surface area contributed by atoms with Gasteiger partial charge in [-0.1, -0.05) is 23.5 Å². The Balaban J connectivity index is 0.00000361. The lowest BCUT2D eigenvalue weighted by molar-refractivity contribution is -0.114. The Hall–Kier alpha value is -2.85. The molecule has 0 bridgehead atoms. The maximum Gasteiger partial charge on any atom is 0.252 e. The third-order valence-corrected chi connectivity index (χ3v) is 6.90. The molecule has 1 aromatic heterocycles. The fraction of sp³-hybridized carbons (Fsp3) is 0.385. The summed E-state index contributed by atoms with van der Waals surface area (Å²) in [6.45, 7) is 4.87. The minimum Gasteiger partial charge on any atom is -0.493 e.